The molecular formula is C27H60N3O3P. The fourth-order valence-corrected chi connectivity index (χ4v) is 5.36. The Hall–Kier alpha value is 0.190. The highest BCUT2D eigenvalue weighted by Crippen LogP contribution is 2.40. The Labute approximate surface area is 215 Å². The predicted octanol–water partition coefficient (Wildman–Crippen LogP) is 6.80. The van der Waals surface area contributed by atoms with Gasteiger partial charge in [0.05, 0.1) is 19.8 Å². The van der Waals surface area contributed by atoms with Crippen molar-refractivity contribution in [3.05, 3.63) is 0 Å². The summed E-state index contributed by atoms with van der Waals surface area (Å²) in [6.07, 6.45) is 10.4. The Morgan fingerprint density at radius 1 is 0.382 bits per heavy atom. The van der Waals surface area contributed by atoms with Crippen LogP contribution in [0.3, 0.4) is 0 Å². The van der Waals surface area contributed by atoms with Crippen LogP contribution in [-0.2, 0) is 13.6 Å². The van der Waals surface area contributed by atoms with Crippen molar-refractivity contribution in [3.8, 4) is 0 Å². The smallest absolute Gasteiger partial charge is 0.312 e. The maximum Gasteiger partial charge on any atom is 0.332 e. The minimum absolute atomic E-state index is 0.714. The molecule has 0 heterocycles. The first-order valence-corrected chi connectivity index (χ1v) is 15.6. The summed E-state index contributed by atoms with van der Waals surface area (Å²) in [6.45, 7) is 26.0. The summed E-state index contributed by atoms with van der Waals surface area (Å²) in [5.41, 5.74) is 0. The van der Waals surface area contributed by atoms with Crippen LogP contribution in [0.2, 0.25) is 0 Å². The zero-order valence-corrected chi connectivity index (χ0v) is 24.8. The highest BCUT2D eigenvalue weighted by molar-refractivity contribution is 7.41. The Morgan fingerprint density at radius 2 is 0.618 bits per heavy atom. The minimum atomic E-state index is -1.26. The van der Waals surface area contributed by atoms with E-state index in [9.17, 15) is 0 Å². The predicted molar refractivity (Wildman–Crippen MR) is 150 cm³/mol. The van der Waals surface area contributed by atoms with Gasteiger partial charge in [0.1, 0.15) is 0 Å². The van der Waals surface area contributed by atoms with Crippen LogP contribution in [0, 0.1) is 0 Å². The summed E-state index contributed by atoms with van der Waals surface area (Å²) in [5.74, 6) is 0. The largest absolute Gasteiger partial charge is 0.332 e. The van der Waals surface area contributed by atoms with Gasteiger partial charge in [-0.2, -0.15) is 0 Å². The molecule has 0 fully saturated rings. The fourth-order valence-electron chi connectivity index (χ4n) is 4.30. The topological polar surface area (TPSA) is 37.4 Å². The van der Waals surface area contributed by atoms with Crippen LogP contribution in [-0.4, -0.2) is 93.4 Å². The van der Waals surface area contributed by atoms with Crippen molar-refractivity contribution >= 4 is 8.60 Å². The van der Waals surface area contributed by atoms with E-state index in [0.29, 0.717) is 19.8 Å². The molecule has 0 aliphatic carbocycles. The van der Waals surface area contributed by atoms with Crippen LogP contribution in [0.25, 0.3) is 0 Å². The summed E-state index contributed by atoms with van der Waals surface area (Å²) in [4.78, 5) is 7.62. The second kappa shape index (κ2) is 26.3. The third-order valence-electron chi connectivity index (χ3n) is 5.69. The molecule has 0 unspecified atom stereocenters. The first-order chi connectivity index (χ1) is 16.6. The van der Waals surface area contributed by atoms with Gasteiger partial charge in [0.2, 0.25) is 0 Å². The maximum absolute atomic E-state index is 6.12. The lowest BCUT2D eigenvalue weighted by Gasteiger charge is -2.23. The van der Waals surface area contributed by atoms with Crippen molar-refractivity contribution in [1.29, 1.82) is 0 Å². The van der Waals surface area contributed by atoms with Gasteiger partial charge in [-0.3, -0.25) is 0 Å². The molecule has 34 heavy (non-hydrogen) atoms. The van der Waals surface area contributed by atoms with E-state index in [1.165, 1.54) is 77.8 Å². The van der Waals surface area contributed by atoms with Gasteiger partial charge in [0.25, 0.3) is 0 Å². The molecule has 7 heteroatoms. The summed E-state index contributed by atoms with van der Waals surface area (Å²) >= 11 is 0. The molecule has 0 rings (SSSR count). The number of nitrogens with zero attached hydrogens (tertiary/aromatic N) is 3. The van der Waals surface area contributed by atoms with Crippen molar-refractivity contribution < 1.29 is 13.6 Å². The lowest BCUT2D eigenvalue weighted by atomic mass is 10.3. The van der Waals surface area contributed by atoms with Gasteiger partial charge in [-0.15, -0.1) is 0 Å². The zero-order valence-electron chi connectivity index (χ0n) is 23.9. The quantitative estimate of drug-likeness (QED) is 0.0903. The molecule has 6 nitrogen and oxygen atoms in total. The highest BCUT2D eigenvalue weighted by Gasteiger charge is 2.14. The standard InChI is InChI=1S/C27H60N3O3P/c1-7-16-28(17-8-2)22-13-25-31-34(32-26-14-23-29(18-9-3)19-10-4)33-27-15-24-30(20-11-5)21-12-6/h7-27H2,1-6H3. The Morgan fingerprint density at radius 3 is 0.824 bits per heavy atom. The molecule has 0 aliphatic rings. The van der Waals surface area contributed by atoms with Gasteiger partial charge < -0.3 is 28.3 Å². The van der Waals surface area contributed by atoms with E-state index in [4.69, 9.17) is 13.6 Å². The van der Waals surface area contributed by atoms with Crippen LogP contribution in [0.1, 0.15) is 99.3 Å². The Balaban J connectivity index is 4.45. The molecule has 0 saturated carbocycles. The molecule has 0 amide bonds. The van der Waals surface area contributed by atoms with Crippen molar-refractivity contribution in [3.63, 3.8) is 0 Å². The van der Waals surface area contributed by atoms with E-state index in [1.807, 2.05) is 0 Å². The van der Waals surface area contributed by atoms with Crippen molar-refractivity contribution in [2.24, 2.45) is 0 Å². The molecule has 0 aliphatic heterocycles. The van der Waals surface area contributed by atoms with Gasteiger partial charge >= 0.3 is 8.60 Å². The maximum atomic E-state index is 6.12. The van der Waals surface area contributed by atoms with Crippen molar-refractivity contribution in [2.45, 2.75) is 99.3 Å². The molecule has 0 aromatic carbocycles. The Kier molecular flexibility index (Phi) is 26.4. The first-order valence-electron chi connectivity index (χ1n) is 14.5. The highest BCUT2D eigenvalue weighted by atomic mass is 31.2. The van der Waals surface area contributed by atoms with Crippen LogP contribution in [0.4, 0.5) is 0 Å². The molecule has 0 aromatic rings. The number of hydrogen-bond donors (Lipinski definition) is 0. The van der Waals surface area contributed by atoms with Crippen LogP contribution in [0.5, 0.6) is 0 Å². The molecule has 0 radical (unpaired) electrons. The van der Waals surface area contributed by atoms with Gasteiger partial charge in [0, 0.05) is 19.6 Å². The van der Waals surface area contributed by atoms with Crippen LogP contribution < -0.4 is 0 Å². The summed E-state index contributed by atoms with van der Waals surface area (Å²) in [6, 6.07) is 0. The van der Waals surface area contributed by atoms with E-state index in [2.05, 4.69) is 56.2 Å². The fraction of sp³-hybridized carbons (Fsp3) is 1.00. The number of rotatable bonds is 27. The molecule has 0 saturated heterocycles. The first kappa shape index (κ1) is 34.2. The molecule has 0 atom stereocenters. The zero-order chi connectivity index (χ0) is 25.3. The molecule has 0 N–H and O–H groups in total. The van der Waals surface area contributed by atoms with Crippen LogP contribution in [0.15, 0.2) is 0 Å². The van der Waals surface area contributed by atoms with E-state index in [-0.39, 0.29) is 0 Å². The lowest BCUT2D eigenvalue weighted by Crippen LogP contribution is -2.27. The van der Waals surface area contributed by atoms with Crippen molar-refractivity contribution in [1.82, 2.24) is 14.7 Å². The minimum Gasteiger partial charge on any atom is -0.312 e. The summed E-state index contributed by atoms with van der Waals surface area (Å²) in [5, 5.41) is 0. The number of hydrogen-bond acceptors (Lipinski definition) is 6. The molecule has 206 valence electrons. The van der Waals surface area contributed by atoms with E-state index in [1.54, 1.807) is 0 Å². The van der Waals surface area contributed by atoms with Gasteiger partial charge in [0.15, 0.2) is 0 Å². The molecular weight excluding hydrogens is 445 g/mol. The average Bonchev–Trinajstić information content (AvgIpc) is 2.82. The van der Waals surface area contributed by atoms with E-state index < -0.39 is 8.60 Å². The third kappa shape index (κ3) is 20.4. The van der Waals surface area contributed by atoms with Crippen LogP contribution >= 0.6 is 8.60 Å². The third-order valence-corrected chi connectivity index (χ3v) is 6.87. The average molecular weight is 506 g/mol. The summed E-state index contributed by atoms with van der Waals surface area (Å²) in [7, 11) is -1.26. The molecule has 0 aromatic heterocycles. The van der Waals surface area contributed by atoms with Crippen molar-refractivity contribution in [2.75, 3.05) is 78.7 Å². The lowest BCUT2D eigenvalue weighted by molar-refractivity contribution is 0.139. The molecule has 0 spiro atoms. The Bertz CT molecular complexity index is 332. The second-order valence-electron chi connectivity index (χ2n) is 9.31. The normalized spacial score (nSPS) is 12.2. The monoisotopic (exact) mass is 505 g/mol. The molecule has 0 bridgehead atoms. The van der Waals surface area contributed by atoms with Gasteiger partial charge in [-0.25, -0.2) is 0 Å². The second-order valence-corrected chi connectivity index (χ2v) is 10.5. The van der Waals surface area contributed by atoms with Gasteiger partial charge in [-0.1, -0.05) is 41.5 Å². The SMILES string of the molecule is CCCN(CCC)CCCOP(OCCCN(CCC)CCC)OCCCN(CCC)CCC. The van der Waals surface area contributed by atoms with E-state index in [0.717, 1.165) is 38.9 Å². The summed E-state index contributed by atoms with van der Waals surface area (Å²) < 4.78 is 18.4. The van der Waals surface area contributed by atoms with E-state index >= 15 is 0 Å². The van der Waals surface area contributed by atoms with Gasteiger partial charge in [-0.05, 0) is 97.1 Å².